The van der Waals surface area contributed by atoms with Crippen molar-refractivity contribution in [3.8, 4) is 17.6 Å². The summed E-state index contributed by atoms with van der Waals surface area (Å²) in [4.78, 5) is 35.9. The number of methoxy groups -OCH3 is 2. The first-order valence-corrected chi connectivity index (χ1v) is 16.3. The molecule has 248 valence electrons. The summed E-state index contributed by atoms with van der Waals surface area (Å²) in [6.45, 7) is 4.99. The number of halogens is 3. The molecule has 0 radical (unpaired) electrons. The lowest BCUT2D eigenvalue weighted by molar-refractivity contribution is -0.141. The zero-order valence-corrected chi connectivity index (χ0v) is 28.1. The lowest BCUT2D eigenvalue weighted by Gasteiger charge is -2.24. The largest absolute Gasteiger partial charge is 0.497 e. The summed E-state index contributed by atoms with van der Waals surface area (Å²) in [5.74, 6) is 0.642. The first kappa shape index (κ1) is 34.5. The topological polar surface area (TPSA) is 116 Å². The summed E-state index contributed by atoms with van der Waals surface area (Å²) < 4.78 is 58.4. The number of thiazole rings is 1. The SMILES string of the molecule is CCOC(=O)C1=C(C)N=c2s/c(=C\c3ccc(OC)c(CSc4nc(C(F)(F)F)cc(C)c4C#N)c3)c(=O)n2[C@@H]1c1ccc(OC)cc1. The Morgan fingerprint density at radius 3 is 2.48 bits per heavy atom. The molecule has 3 heterocycles. The molecule has 2 aromatic carbocycles. The molecular weight excluding hydrogens is 666 g/mol. The molecule has 1 atom stereocenters. The molecule has 1 aliphatic heterocycles. The number of pyridine rings is 1. The highest BCUT2D eigenvalue weighted by atomic mass is 32.2. The van der Waals surface area contributed by atoms with E-state index < -0.39 is 23.9 Å². The molecule has 4 aromatic rings. The summed E-state index contributed by atoms with van der Waals surface area (Å²) in [5, 5.41) is 9.57. The molecule has 9 nitrogen and oxygen atoms in total. The predicted molar refractivity (Wildman–Crippen MR) is 175 cm³/mol. The van der Waals surface area contributed by atoms with Crippen molar-refractivity contribution in [2.24, 2.45) is 4.99 Å². The van der Waals surface area contributed by atoms with E-state index in [0.717, 1.165) is 29.2 Å². The Morgan fingerprint density at radius 2 is 1.85 bits per heavy atom. The molecule has 2 aromatic heterocycles. The van der Waals surface area contributed by atoms with Gasteiger partial charge in [0.15, 0.2) is 4.80 Å². The number of hydrogen-bond acceptors (Lipinski definition) is 10. The minimum absolute atomic E-state index is 0.0445. The number of aromatic nitrogens is 2. The molecule has 14 heteroatoms. The third-order valence-electron chi connectivity index (χ3n) is 7.50. The Balaban J connectivity index is 1.57. The standard InChI is InChI=1S/C34H29F3N4O5S2/c1-6-46-32(43)28-19(3)39-33-41(29(28)21-8-10-23(44-4)11-9-21)31(42)26(48-33)15-20-7-12-25(45-5)22(14-20)17-47-30-24(16-38)18(2)13-27(40-30)34(35,36)37/h7-15,29H,6,17H2,1-5H3/b26-15-/t29-/m1/s1. The summed E-state index contributed by atoms with van der Waals surface area (Å²) >= 11 is 2.14. The van der Waals surface area contributed by atoms with Crippen LogP contribution >= 0.6 is 23.1 Å². The number of nitriles is 1. The molecule has 0 spiro atoms. The molecule has 0 N–H and O–H groups in total. The lowest BCUT2D eigenvalue weighted by Crippen LogP contribution is -2.39. The predicted octanol–water partition coefficient (Wildman–Crippen LogP) is 5.70. The Morgan fingerprint density at radius 1 is 1.12 bits per heavy atom. The molecular formula is C34H29F3N4O5S2. The van der Waals surface area contributed by atoms with Crippen molar-refractivity contribution >= 4 is 35.1 Å². The van der Waals surface area contributed by atoms with Crippen molar-refractivity contribution in [1.29, 1.82) is 5.26 Å². The van der Waals surface area contributed by atoms with Gasteiger partial charge in [0.25, 0.3) is 5.56 Å². The fraction of sp³-hybridized carbons (Fsp3) is 0.265. The van der Waals surface area contributed by atoms with E-state index in [1.807, 2.05) is 6.07 Å². The van der Waals surface area contributed by atoms with Gasteiger partial charge in [-0.1, -0.05) is 29.5 Å². The van der Waals surface area contributed by atoms with Crippen molar-refractivity contribution in [1.82, 2.24) is 9.55 Å². The maximum Gasteiger partial charge on any atom is 0.433 e. The molecule has 48 heavy (non-hydrogen) atoms. The van der Waals surface area contributed by atoms with Crippen LogP contribution in [0.25, 0.3) is 6.08 Å². The molecule has 0 amide bonds. The maximum absolute atomic E-state index is 14.0. The van der Waals surface area contributed by atoms with Gasteiger partial charge in [0, 0.05) is 11.3 Å². The van der Waals surface area contributed by atoms with Crippen molar-refractivity contribution in [3.63, 3.8) is 0 Å². The number of allylic oxidation sites excluding steroid dienone is 1. The van der Waals surface area contributed by atoms with Crippen molar-refractivity contribution in [2.45, 2.75) is 43.8 Å². The van der Waals surface area contributed by atoms with Gasteiger partial charge in [0.2, 0.25) is 0 Å². The number of esters is 1. The van der Waals surface area contributed by atoms with Crippen LogP contribution in [0.5, 0.6) is 11.5 Å². The second-order valence-corrected chi connectivity index (χ2v) is 12.5. The van der Waals surface area contributed by atoms with Crippen LogP contribution < -0.4 is 24.4 Å². The van der Waals surface area contributed by atoms with Crippen LogP contribution in [0.4, 0.5) is 13.2 Å². The van der Waals surface area contributed by atoms with E-state index in [-0.39, 0.29) is 39.6 Å². The maximum atomic E-state index is 14.0. The molecule has 1 aliphatic rings. The fourth-order valence-electron chi connectivity index (χ4n) is 5.22. The van der Waals surface area contributed by atoms with Crippen LogP contribution in [0.2, 0.25) is 0 Å². The summed E-state index contributed by atoms with van der Waals surface area (Å²) in [6.07, 6.45) is -2.99. The third kappa shape index (κ3) is 6.88. The van der Waals surface area contributed by atoms with Gasteiger partial charge in [-0.25, -0.2) is 14.8 Å². The number of rotatable bonds is 9. The smallest absolute Gasteiger partial charge is 0.433 e. The summed E-state index contributed by atoms with van der Waals surface area (Å²) in [6, 6.07) is 14.3. The molecule has 0 aliphatic carbocycles. The number of nitrogens with zero attached hydrogens (tertiary/aromatic N) is 4. The van der Waals surface area contributed by atoms with E-state index in [2.05, 4.69) is 9.98 Å². The number of alkyl halides is 3. The molecule has 5 rings (SSSR count). The number of aryl methyl sites for hydroxylation is 1. The zero-order chi connectivity index (χ0) is 34.7. The normalized spacial score (nSPS) is 14.6. The molecule has 0 saturated carbocycles. The number of ether oxygens (including phenoxy) is 3. The second kappa shape index (κ2) is 14.1. The van der Waals surface area contributed by atoms with Crippen LogP contribution in [-0.4, -0.2) is 36.3 Å². The molecule has 0 bridgehead atoms. The van der Waals surface area contributed by atoms with E-state index in [0.29, 0.717) is 43.2 Å². The van der Waals surface area contributed by atoms with Gasteiger partial charge in [-0.05, 0) is 73.9 Å². The molecule has 0 saturated heterocycles. The molecule has 0 fully saturated rings. The van der Waals surface area contributed by atoms with Gasteiger partial charge in [-0.3, -0.25) is 9.36 Å². The van der Waals surface area contributed by atoms with Crippen LogP contribution in [0.3, 0.4) is 0 Å². The zero-order valence-electron chi connectivity index (χ0n) is 26.5. The summed E-state index contributed by atoms with van der Waals surface area (Å²) in [7, 11) is 3.01. The number of hydrogen-bond donors (Lipinski definition) is 0. The number of benzene rings is 2. The van der Waals surface area contributed by atoms with E-state index in [1.165, 1.54) is 18.6 Å². The van der Waals surface area contributed by atoms with Gasteiger partial charge in [-0.2, -0.15) is 18.4 Å². The average Bonchev–Trinajstić information content (AvgIpc) is 3.36. The Labute approximate surface area is 281 Å². The number of carbonyl (C=O) groups excluding carboxylic acids is 1. The Hall–Kier alpha value is -4.87. The van der Waals surface area contributed by atoms with Gasteiger partial charge >= 0.3 is 12.1 Å². The van der Waals surface area contributed by atoms with Crippen LogP contribution in [0, 0.1) is 18.3 Å². The minimum atomic E-state index is -4.67. The van der Waals surface area contributed by atoms with Gasteiger partial charge in [-0.15, -0.1) is 11.8 Å². The van der Waals surface area contributed by atoms with Crippen LogP contribution in [-0.2, 0) is 21.5 Å². The van der Waals surface area contributed by atoms with E-state index in [1.54, 1.807) is 69.5 Å². The first-order chi connectivity index (χ1) is 22.9. The van der Waals surface area contributed by atoms with Crippen molar-refractivity contribution in [3.05, 3.63) is 113 Å². The number of thioether (sulfide) groups is 1. The number of fused-ring (bicyclic) bond motifs is 1. The Bertz CT molecular complexity index is 2150. The lowest BCUT2D eigenvalue weighted by atomic mass is 9.96. The van der Waals surface area contributed by atoms with Gasteiger partial charge < -0.3 is 14.2 Å². The second-order valence-electron chi connectivity index (χ2n) is 10.5. The van der Waals surface area contributed by atoms with Gasteiger partial charge in [0.05, 0.1) is 48.2 Å². The summed E-state index contributed by atoms with van der Waals surface area (Å²) in [5.41, 5.74) is 1.37. The average molecular weight is 695 g/mol. The van der Waals surface area contributed by atoms with E-state index in [9.17, 15) is 28.0 Å². The number of carbonyl (C=O) groups is 1. The minimum Gasteiger partial charge on any atom is -0.497 e. The molecule has 0 unspecified atom stereocenters. The fourth-order valence-corrected chi connectivity index (χ4v) is 7.30. The highest BCUT2D eigenvalue weighted by Crippen LogP contribution is 2.35. The first-order valence-electron chi connectivity index (χ1n) is 14.5. The van der Waals surface area contributed by atoms with Gasteiger partial charge in [0.1, 0.15) is 28.3 Å². The van der Waals surface area contributed by atoms with Crippen molar-refractivity contribution < 1.29 is 32.2 Å². The highest BCUT2D eigenvalue weighted by Gasteiger charge is 2.35. The highest BCUT2D eigenvalue weighted by molar-refractivity contribution is 7.98. The Kier molecular flexibility index (Phi) is 10.1. The van der Waals surface area contributed by atoms with Crippen molar-refractivity contribution in [2.75, 3.05) is 20.8 Å². The third-order valence-corrected chi connectivity index (χ3v) is 9.51. The van der Waals surface area contributed by atoms with Crippen LogP contribution in [0.1, 0.15) is 53.4 Å². The van der Waals surface area contributed by atoms with Crippen LogP contribution in [0.15, 0.2) is 74.6 Å². The van der Waals surface area contributed by atoms with E-state index >= 15 is 0 Å². The monoisotopic (exact) mass is 694 g/mol. The quantitative estimate of drug-likeness (QED) is 0.162. The van der Waals surface area contributed by atoms with E-state index in [4.69, 9.17) is 14.2 Å².